The van der Waals surface area contributed by atoms with Crippen LogP contribution in [0.3, 0.4) is 0 Å². The largest absolute Gasteiger partial charge is 0.453 e. The monoisotopic (exact) mass is 745 g/mol. The number of fused-ring (bicyclic) bond motifs is 6. The van der Waals surface area contributed by atoms with E-state index in [1.54, 1.807) is 0 Å². The smallest absolute Gasteiger partial charge is 0.159 e. The summed E-state index contributed by atoms with van der Waals surface area (Å²) in [5.74, 6) is 0. The van der Waals surface area contributed by atoms with Crippen molar-refractivity contribution in [3.05, 3.63) is 212 Å². The molecule has 11 aromatic rings. The van der Waals surface area contributed by atoms with E-state index < -0.39 is 0 Å². The lowest BCUT2D eigenvalue weighted by Gasteiger charge is -2.27. The topological polar surface area (TPSA) is 16.4 Å². The van der Waals surface area contributed by atoms with Crippen molar-refractivity contribution < 1.29 is 4.42 Å². The van der Waals surface area contributed by atoms with Gasteiger partial charge >= 0.3 is 0 Å². The second-order valence-electron chi connectivity index (χ2n) is 14.5. The number of furan rings is 1. The Labute approximate surface area is 335 Å². The van der Waals surface area contributed by atoms with Crippen LogP contribution in [-0.4, -0.2) is 0 Å². The van der Waals surface area contributed by atoms with Gasteiger partial charge in [0.15, 0.2) is 5.58 Å². The minimum Gasteiger partial charge on any atom is -0.453 e. The van der Waals surface area contributed by atoms with Crippen LogP contribution < -0.4 is 4.90 Å². The highest BCUT2D eigenvalue weighted by molar-refractivity contribution is 7.25. The summed E-state index contributed by atoms with van der Waals surface area (Å²) in [6.07, 6.45) is 0. The summed E-state index contributed by atoms with van der Waals surface area (Å²) < 4.78 is 9.67. The van der Waals surface area contributed by atoms with Gasteiger partial charge in [-0.2, -0.15) is 0 Å². The van der Waals surface area contributed by atoms with Gasteiger partial charge in [0.05, 0.1) is 5.69 Å². The van der Waals surface area contributed by atoms with E-state index in [-0.39, 0.29) is 0 Å². The zero-order chi connectivity index (χ0) is 37.7. The maximum Gasteiger partial charge on any atom is 0.159 e. The van der Waals surface area contributed by atoms with Crippen LogP contribution in [0.4, 0.5) is 17.1 Å². The van der Waals surface area contributed by atoms with E-state index in [0.29, 0.717) is 0 Å². The molecule has 0 unspecified atom stereocenters. The first-order valence-corrected chi connectivity index (χ1v) is 20.1. The normalized spacial score (nSPS) is 11.5. The van der Waals surface area contributed by atoms with Gasteiger partial charge < -0.3 is 9.32 Å². The fourth-order valence-corrected chi connectivity index (χ4v) is 9.38. The van der Waals surface area contributed by atoms with Crippen molar-refractivity contribution in [1.82, 2.24) is 0 Å². The van der Waals surface area contributed by atoms with Gasteiger partial charge in [-0.3, -0.25) is 0 Å². The molecule has 0 atom stereocenters. The van der Waals surface area contributed by atoms with Gasteiger partial charge in [-0.25, -0.2) is 0 Å². The van der Waals surface area contributed by atoms with E-state index in [2.05, 4.69) is 217 Å². The van der Waals surface area contributed by atoms with Crippen LogP contribution in [0, 0.1) is 0 Å². The minimum absolute atomic E-state index is 0.848. The molecule has 0 bridgehead atoms. The average molecular weight is 746 g/mol. The van der Waals surface area contributed by atoms with Crippen LogP contribution in [0.2, 0.25) is 0 Å². The van der Waals surface area contributed by atoms with Crippen LogP contribution in [-0.2, 0) is 0 Å². The maximum atomic E-state index is 7.04. The molecule has 0 aliphatic rings. The van der Waals surface area contributed by atoms with E-state index in [4.69, 9.17) is 4.42 Å². The lowest BCUT2D eigenvalue weighted by Crippen LogP contribution is -2.10. The van der Waals surface area contributed by atoms with E-state index in [1.807, 2.05) is 11.3 Å². The third kappa shape index (κ3) is 5.88. The summed E-state index contributed by atoms with van der Waals surface area (Å²) in [6, 6.07) is 76.3. The van der Waals surface area contributed by atoms with Gasteiger partial charge in [0.25, 0.3) is 0 Å². The highest BCUT2D eigenvalue weighted by Gasteiger charge is 2.22. The summed E-state index contributed by atoms with van der Waals surface area (Å²) in [6.45, 7) is 0. The average Bonchev–Trinajstić information content (AvgIpc) is 3.86. The SMILES string of the molecule is c1ccc(-c2cc(-c3ccccc3)cc(N(c3ccc(-c4ccc5sc6ccccc6c5c4)cc3)c3cccc4c3oc3c(-c5ccccc5)cccc34)c2)cc1. The van der Waals surface area contributed by atoms with Crippen molar-refractivity contribution in [2.45, 2.75) is 0 Å². The molecule has 0 aliphatic carbocycles. The minimum atomic E-state index is 0.848. The van der Waals surface area contributed by atoms with E-state index in [9.17, 15) is 0 Å². The molecule has 2 aromatic heterocycles. The predicted molar refractivity (Wildman–Crippen MR) is 243 cm³/mol. The zero-order valence-corrected chi connectivity index (χ0v) is 31.8. The number of rotatable bonds is 7. The Kier molecular flexibility index (Phi) is 8.04. The molecule has 0 spiro atoms. The van der Waals surface area contributed by atoms with Crippen LogP contribution in [0.5, 0.6) is 0 Å². The third-order valence-electron chi connectivity index (χ3n) is 11.1. The molecular formula is C54H35NOS. The molecule has 0 radical (unpaired) electrons. The molecule has 0 saturated heterocycles. The van der Waals surface area contributed by atoms with Crippen molar-refractivity contribution in [2.75, 3.05) is 4.90 Å². The Morgan fingerprint density at radius 2 is 0.860 bits per heavy atom. The van der Waals surface area contributed by atoms with Gasteiger partial charge in [-0.05, 0) is 93.5 Å². The molecule has 0 N–H and O–H groups in total. The fraction of sp³-hybridized carbons (Fsp3) is 0. The number of nitrogens with zero attached hydrogens (tertiary/aromatic N) is 1. The van der Waals surface area contributed by atoms with E-state index in [0.717, 1.165) is 72.4 Å². The molecule has 2 heterocycles. The highest BCUT2D eigenvalue weighted by atomic mass is 32.1. The Morgan fingerprint density at radius 3 is 1.56 bits per heavy atom. The molecule has 0 aliphatic heterocycles. The summed E-state index contributed by atoms with van der Waals surface area (Å²) in [5, 5.41) is 4.80. The third-order valence-corrected chi connectivity index (χ3v) is 12.2. The Hall–Kier alpha value is -7.20. The molecule has 0 amide bonds. The van der Waals surface area contributed by atoms with Gasteiger partial charge in [0, 0.05) is 47.9 Å². The summed E-state index contributed by atoms with van der Waals surface area (Å²) in [4.78, 5) is 2.37. The second-order valence-corrected chi connectivity index (χ2v) is 15.6. The Morgan fingerprint density at radius 1 is 0.316 bits per heavy atom. The second kappa shape index (κ2) is 13.8. The first kappa shape index (κ1) is 33.2. The standard InChI is InChI=1S/C54H35NOS/c1-4-14-36(15-5-1)41-32-42(37-16-6-2-7-17-37)34-44(33-41)55(43-29-26-38(27-30-43)40-28-31-52-49(35-40)46-20-10-11-25-51(46)57-52)50-24-13-23-48-47-22-12-21-45(53(47)56-54(48)50)39-18-8-3-9-19-39/h1-35H. The number of anilines is 3. The first-order valence-electron chi connectivity index (χ1n) is 19.3. The summed E-state index contributed by atoms with van der Waals surface area (Å²) in [5.41, 5.74) is 14.0. The molecule has 57 heavy (non-hydrogen) atoms. The van der Waals surface area contributed by atoms with Crippen molar-refractivity contribution in [3.8, 4) is 44.5 Å². The van der Waals surface area contributed by atoms with E-state index >= 15 is 0 Å². The number of para-hydroxylation sites is 2. The van der Waals surface area contributed by atoms with Crippen molar-refractivity contribution in [3.63, 3.8) is 0 Å². The number of hydrogen-bond acceptors (Lipinski definition) is 3. The molecule has 2 nitrogen and oxygen atoms in total. The predicted octanol–water partition coefficient (Wildman–Crippen LogP) is 16.1. The molecule has 0 saturated carbocycles. The van der Waals surface area contributed by atoms with Crippen LogP contribution in [0.25, 0.3) is 86.6 Å². The number of hydrogen-bond donors (Lipinski definition) is 0. The fourth-order valence-electron chi connectivity index (χ4n) is 8.30. The molecule has 268 valence electrons. The quantitative estimate of drug-likeness (QED) is 0.162. The lowest BCUT2D eigenvalue weighted by molar-refractivity contribution is 0.670. The van der Waals surface area contributed by atoms with Crippen molar-refractivity contribution in [2.24, 2.45) is 0 Å². The van der Waals surface area contributed by atoms with Gasteiger partial charge in [-0.15, -0.1) is 11.3 Å². The van der Waals surface area contributed by atoms with Gasteiger partial charge in [-0.1, -0.05) is 158 Å². The Balaban J connectivity index is 1.13. The van der Waals surface area contributed by atoms with E-state index in [1.165, 1.54) is 31.3 Å². The number of thiophene rings is 1. The molecular weight excluding hydrogens is 711 g/mol. The van der Waals surface area contributed by atoms with Crippen LogP contribution >= 0.6 is 11.3 Å². The molecule has 9 aromatic carbocycles. The molecule has 3 heteroatoms. The van der Waals surface area contributed by atoms with Crippen molar-refractivity contribution >= 4 is 70.5 Å². The molecule has 0 fully saturated rings. The molecule has 11 rings (SSSR count). The van der Waals surface area contributed by atoms with Gasteiger partial charge in [0.1, 0.15) is 5.58 Å². The lowest BCUT2D eigenvalue weighted by atomic mass is 9.97. The summed E-state index contributed by atoms with van der Waals surface area (Å²) in [7, 11) is 0. The van der Waals surface area contributed by atoms with Crippen LogP contribution in [0.15, 0.2) is 217 Å². The first-order chi connectivity index (χ1) is 28.2. The Bertz CT molecular complexity index is 3160. The zero-order valence-electron chi connectivity index (χ0n) is 31.0. The highest BCUT2D eigenvalue weighted by Crippen LogP contribution is 2.46. The van der Waals surface area contributed by atoms with Gasteiger partial charge in [0.2, 0.25) is 0 Å². The number of benzene rings is 9. The maximum absolute atomic E-state index is 7.04. The summed E-state index contributed by atoms with van der Waals surface area (Å²) >= 11 is 1.85. The van der Waals surface area contributed by atoms with Crippen LogP contribution in [0.1, 0.15) is 0 Å². The van der Waals surface area contributed by atoms with Crippen molar-refractivity contribution in [1.29, 1.82) is 0 Å².